The van der Waals surface area contributed by atoms with Crippen LogP contribution in [-0.4, -0.2) is 12.1 Å². The van der Waals surface area contributed by atoms with Crippen molar-refractivity contribution < 1.29 is 9.59 Å². The van der Waals surface area contributed by atoms with E-state index in [2.05, 4.69) is 13.8 Å². The van der Waals surface area contributed by atoms with Gasteiger partial charge in [0.2, 0.25) is 0 Å². The molecule has 0 saturated heterocycles. The Labute approximate surface area is 73.3 Å². The predicted octanol–water partition coefficient (Wildman–Crippen LogP) is 1.83. The van der Waals surface area contributed by atoms with Gasteiger partial charge in [0.05, 0.1) is 5.92 Å². The van der Waals surface area contributed by atoms with Gasteiger partial charge >= 0.3 is 0 Å². The van der Waals surface area contributed by atoms with Crippen LogP contribution in [0.5, 0.6) is 0 Å². The number of aldehydes is 1. The molecule has 0 N–H and O–H groups in total. The zero-order valence-corrected chi connectivity index (χ0v) is 7.96. The van der Waals surface area contributed by atoms with Crippen LogP contribution in [0.2, 0.25) is 0 Å². The number of carbonyl (C=O) groups excluding carboxylic acids is 2. The molecular formula is C10H16O2. The molecule has 1 aliphatic rings. The standard InChI is InChI=1S/C10H16O2/c1-7-4-10(2,3)5-9(12)8(7)6-11/h6-8H,4-5H2,1-3H3. The van der Waals surface area contributed by atoms with Crippen LogP contribution >= 0.6 is 0 Å². The van der Waals surface area contributed by atoms with E-state index in [1.807, 2.05) is 6.92 Å². The Hall–Kier alpha value is -0.660. The van der Waals surface area contributed by atoms with Crippen LogP contribution in [0.3, 0.4) is 0 Å². The van der Waals surface area contributed by atoms with Crippen molar-refractivity contribution in [3.05, 3.63) is 0 Å². The Balaban J connectivity index is 2.77. The summed E-state index contributed by atoms with van der Waals surface area (Å²) in [5, 5.41) is 0. The van der Waals surface area contributed by atoms with Gasteiger partial charge in [-0.15, -0.1) is 0 Å². The first-order valence-electron chi connectivity index (χ1n) is 4.44. The Morgan fingerprint density at radius 3 is 2.50 bits per heavy atom. The maximum Gasteiger partial charge on any atom is 0.143 e. The van der Waals surface area contributed by atoms with Crippen molar-refractivity contribution in [3.8, 4) is 0 Å². The van der Waals surface area contributed by atoms with Crippen LogP contribution in [0, 0.1) is 17.3 Å². The molecule has 0 aliphatic heterocycles. The minimum absolute atomic E-state index is 0.0933. The number of ketones is 1. The molecule has 1 rings (SSSR count). The van der Waals surface area contributed by atoms with Crippen molar-refractivity contribution in [1.29, 1.82) is 0 Å². The highest BCUT2D eigenvalue weighted by Crippen LogP contribution is 2.38. The second kappa shape index (κ2) is 3.00. The number of Topliss-reactive ketones (excluding diaryl/α,β-unsaturated/α-hetero) is 1. The van der Waals surface area contributed by atoms with Gasteiger partial charge in [-0.05, 0) is 17.8 Å². The average Bonchev–Trinajstić information content (AvgIpc) is 1.82. The molecule has 1 saturated carbocycles. The minimum Gasteiger partial charge on any atom is -0.303 e. The first kappa shape index (κ1) is 9.43. The molecule has 0 aromatic carbocycles. The monoisotopic (exact) mass is 168 g/mol. The van der Waals surface area contributed by atoms with E-state index in [0.29, 0.717) is 6.42 Å². The van der Waals surface area contributed by atoms with E-state index in [1.54, 1.807) is 0 Å². The van der Waals surface area contributed by atoms with Crippen LogP contribution in [0.1, 0.15) is 33.6 Å². The van der Waals surface area contributed by atoms with E-state index in [0.717, 1.165) is 12.7 Å². The highest BCUT2D eigenvalue weighted by molar-refractivity contribution is 5.94. The van der Waals surface area contributed by atoms with E-state index in [9.17, 15) is 9.59 Å². The van der Waals surface area contributed by atoms with Gasteiger partial charge in [0.15, 0.2) is 0 Å². The maximum absolute atomic E-state index is 11.4. The normalized spacial score (nSPS) is 34.8. The van der Waals surface area contributed by atoms with Gasteiger partial charge in [0.25, 0.3) is 0 Å². The van der Waals surface area contributed by atoms with Gasteiger partial charge < -0.3 is 4.79 Å². The van der Waals surface area contributed by atoms with Gasteiger partial charge in [-0.2, -0.15) is 0 Å². The summed E-state index contributed by atoms with van der Waals surface area (Å²) in [6.45, 7) is 6.16. The quantitative estimate of drug-likeness (QED) is 0.442. The molecule has 12 heavy (non-hydrogen) atoms. The van der Waals surface area contributed by atoms with Gasteiger partial charge in [-0.3, -0.25) is 4.79 Å². The maximum atomic E-state index is 11.4. The van der Waals surface area contributed by atoms with Crippen molar-refractivity contribution in [2.75, 3.05) is 0 Å². The van der Waals surface area contributed by atoms with E-state index >= 15 is 0 Å². The first-order chi connectivity index (χ1) is 5.46. The lowest BCUT2D eigenvalue weighted by Gasteiger charge is -2.35. The van der Waals surface area contributed by atoms with E-state index < -0.39 is 0 Å². The van der Waals surface area contributed by atoms with Crippen molar-refractivity contribution in [2.45, 2.75) is 33.6 Å². The third-order valence-corrected chi connectivity index (χ3v) is 2.66. The molecule has 0 aromatic heterocycles. The number of hydrogen-bond donors (Lipinski definition) is 0. The third kappa shape index (κ3) is 1.74. The number of rotatable bonds is 1. The van der Waals surface area contributed by atoms with Gasteiger partial charge in [0, 0.05) is 6.42 Å². The molecule has 2 nitrogen and oxygen atoms in total. The fourth-order valence-corrected chi connectivity index (χ4v) is 2.19. The van der Waals surface area contributed by atoms with Crippen molar-refractivity contribution >= 4 is 12.1 Å². The second-order valence-electron chi connectivity index (χ2n) is 4.65. The summed E-state index contributed by atoms with van der Waals surface area (Å²) in [4.78, 5) is 22.0. The molecule has 0 radical (unpaired) electrons. The molecule has 0 amide bonds. The fraction of sp³-hybridized carbons (Fsp3) is 0.800. The zero-order valence-electron chi connectivity index (χ0n) is 7.96. The van der Waals surface area contributed by atoms with Crippen molar-refractivity contribution in [1.82, 2.24) is 0 Å². The van der Waals surface area contributed by atoms with Gasteiger partial charge in [0.1, 0.15) is 12.1 Å². The lowest BCUT2D eigenvalue weighted by Crippen LogP contribution is -2.36. The molecule has 1 aliphatic carbocycles. The van der Waals surface area contributed by atoms with E-state index in [-0.39, 0.29) is 23.0 Å². The molecule has 0 bridgehead atoms. The lowest BCUT2D eigenvalue weighted by molar-refractivity contribution is -0.134. The van der Waals surface area contributed by atoms with Crippen LogP contribution in [0.15, 0.2) is 0 Å². The SMILES string of the molecule is CC1CC(C)(C)CC(=O)C1C=O. The summed E-state index contributed by atoms with van der Waals surface area (Å²) in [5.41, 5.74) is 0.0933. The summed E-state index contributed by atoms with van der Waals surface area (Å²) >= 11 is 0. The van der Waals surface area contributed by atoms with E-state index in [1.165, 1.54) is 0 Å². The van der Waals surface area contributed by atoms with Gasteiger partial charge in [-0.1, -0.05) is 20.8 Å². The predicted molar refractivity (Wildman–Crippen MR) is 46.7 cm³/mol. The number of carbonyl (C=O) groups is 2. The molecule has 68 valence electrons. The van der Waals surface area contributed by atoms with Crippen LogP contribution < -0.4 is 0 Å². The summed E-state index contributed by atoms with van der Waals surface area (Å²) in [6.07, 6.45) is 2.34. The van der Waals surface area contributed by atoms with Gasteiger partial charge in [-0.25, -0.2) is 0 Å². The molecule has 2 unspecified atom stereocenters. The van der Waals surface area contributed by atoms with Crippen LogP contribution in [-0.2, 0) is 9.59 Å². The topological polar surface area (TPSA) is 34.1 Å². The highest BCUT2D eigenvalue weighted by Gasteiger charge is 2.37. The molecule has 0 spiro atoms. The molecule has 2 atom stereocenters. The summed E-state index contributed by atoms with van der Waals surface area (Å²) in [5.74, 6) is 0.00512. The Morgan fingerprint density at radius 1 is 1.50 bits per heavy atom. The summed E-state index contributed by atoms with van der Waals surface area (Å²) in [7, 11) is 0. The summed E-state index contributed by atoms with van der Waals surface area (Å²) in [6, 6.07) is 0. The highest BCUT2D eigenvalue weighted by atomic mass is 16.1. The van der Waals surface area contributed by atoms with Crippen molar-refractivity contribution in [3.63, 3.8) is 0 Å². The molecule has 2 heteroatoms. The Bertz CT molecular complexity index is 206. The minimum atomic E-state index is -0.335. The van der Waals surface area contributed by atoms with Crippen LogP contribution in [0.25, 0.3) is 0 Å². The largest absolute Gasteiger partial charge is 0.303 e. The third-order valence-electron chi connectivity index (χ3n) is 2.66. The molecular weight excluding hydrogens is 152 g/mol. The summed E-state index contributed by atoms with van der Waals surface area (Å²) < 4.78 is 0. The van der Waals surface area contributed by atoms with Crippen molar-refractivity contribution in [2.24, 2.45) is 17.3 Å². The fourth-order valence-electron chi connectivity index (χ4n) is 2.19. The number of hydrogen-bond acceptors (Lipinski definition) is 2. The second-order valence-corrected chi connectivity index (χ2v) is 4.65. The Kier molecular flexibility index (Phi) is 2.36. The first-order valence-corrected chi connectivity index (χ1v) is 4.44. The zero-order chi connectivity index (χ0) is 9.35. The smallest absolute Gasteiger partial charge is 0.143 e. The molecule has 1 fully saturated rings. The Morgan fingerprint density at radius 2 is 2.08 bits per heavy atom. The van der Waals surface area contributed by atoms with E-state index in [4.69, 9.17) is 0 Å². The molecule has 0 aromatic rings. The lowest BCUT2D eigenvalue weighted by atomic mass is 9.67. The molecule has 0 heterocycles. The van der Waals surface area contributed by atoms with Crippen LogP contribution in [0.4, 0.5) is 0 Å². The average molecular weight is 168 g/mol.